The first-order valence-electron chi connectivity index (χ1n) is 9.25. The summed E-state index contributed by atoms with van der Waals surface area (Å²) >= 11 is 0. The number of anilines is 2. The van der Waals surface area contributed by atoms with Gasteiger partial charge in [-0.05, 0) is 44.5 Å². The second-order valence-electron chi connectivity index (χ2n) is 6.49. The van der Waals surface area contributed by atoms with Crippen molar-refractivity contribution in [2.75, 3.05) is 30.8 Å². The van der Waals surface area contributed by atoms with Crippen LogP contribution in [0.1, 0.15) is 17.2 Å². The summed E-state index contributed by atoms with van der Waals surface area (Å²) in [5.41, 5.74) is 1.67. The van der Waals surface area contributed by atoms with E-state index >= 15 is 0 Å². The van der Waals surface area contributed by atoms with Crippen molar-refractivity contribution in [1.82, 2.24) is 24.8 Å². The Morgan fingerprint density at radius 1 is 1.14 bits per heavy atom. The third kappa shape index (κ3) is 5.22. The summed E-state index contributed by atoms with van der Waals surface area (Å²) in [5, 5.41) is 8.86. The minimum atomic E-state index is -0.270. The van der Waals surface area contributed by atoms with Gasteiger partial charge in [0.05, 0.1) is 7.11 Å². The largest absolute Gasteiger partial charge is 0.497 e. The van der Waals surface area contributed by atoms with Crippen molar-refractivity contribution < 1.29 is 9.53 Å². The number of methoxy groups -OCH3 is 1. The monoisotopic (exact) mass is 395 g/mol. The van der Waals surface area contributed by atoms with Gasteiger partial charge in [-0.3, -0.25) is 4.57 Å². The minimum absolute atomic E-state index is 0.270. The van der Waals surface area contributed by atoms with Crippen LogP contribution in [-0.4, -0.2) is 45.7 Å². The Labute approximate surface area is 169 Å². The number of hydrogen-bond acceptors (Lipinski definition) is 6. The lowest BCUT2D eigenvalue weighted by Crippen LogP contribution is -2.33. The Kier molecular flexibility index (Phi) is 6.28. The van der Waals surface area contributed by atoms with E-state index in [1.54, 1.807) is 19.4 Å². The number of rotatable bonds is 7. The zero-order valence-electron chi connectivity index (χ0n) is 17.0. The number of ether oxygens (including phenoxy) is 1. The molecular formula is C20H25N7O2. The number of carbonyl (C=O) groups excluding carboxylic acids is 1. The molecule has 9 heteroatoms. The van der Waals surface area contributed by atoms with Gasteiger partial charge in [0.15, 0.2) is 0 Å². The van der Waals surface area contributed by atoms with Crippen molar-refractivity contribution in [2.24, 2.45) is 0 Å². The van der Waals surface area contributed by atoms with Crippen LogP contribution < -0.4 is 20.7 Å². The Balaban J connectivity index is 1.51. The number of nitrogens with one attached hydrogen (secondary N) is 3. The van der Waals surface area contributed by atoms with Crippen molar-refractivity contribution in [3.05, 3.63) is 53.9 Å². The van der Waals surface area contributed by atoms with E-state index in [1.165, 1.54) is 0 Å². The smallest absolute Gasteiger partial charge is 0.319 e. The van der Waals surface area contributed by atoms with Crippen LogP contribution in [0.25, 0.3) is 5.82 Å². The summed E-state index contributed by atoms with van der Waals surface area (Å²) in [6, 6.07) is 7.07. The number of aryl methyl sites for hydroxylation is 3. The maximum Gasteiger partial charge on any atom is 0.319 e. The molecule has 0 aliphatic carbocycles. The highest BCUT2D eigenvalue weighted by Crippen LogP contribution is 2.20. The number of benzene rings is 1. The molecular weight excluding hydrogens is 370 g/mol. The maximum absolute atomic E-state index is 12.1. The summed E-state index contributed by atoms with van der Waals surface area (Å²) in [6.07, 6.45) is 3.58. The molecule has 3 aromatic rings. The van der Waals surface area contributed by atoms with Crippen LogP contribution in [0.15, 0.2) is 36.7 Å². The fraction of sp³-hybridized carbons (Fsp3) is 0.300. The fourth-order valence-corrected chi connectivity index (χ4v) is 2.82. The predicted molar refractivity (Wildman–Crippen MR) is 112 cm³/mol. The van der Waals surface area contributed by atoms with E-state index in [2.05, 4.69) is 30.9 Å². The van der Waals surface area contributed by atoms with Crippen molar-refractivity contribution in [2.45, 2.75) is 20.8 Å². The Bertz CT molecular complexity index is 1000. The van der Waals surface area contributed by atoms with Crippen LogP contribution in [0, 0.1) is 20.8 Å². The van der Waals surface area contributed by atoms with E-state index in [4.69, 9.17) is 4.74 Å². The molecule has 1 aromatic carbocycles. The van der Waals surface area contributed by atoms with Crippen molar-refractivity contribution in [3.8, 4) is 11.6 Å². The molecule has 29 heavy (non-hydrogen) atoms. The van der Waals surface area contributed by atoms with Gasteiger partial charge in [0, 0.05) is 37.2 Å². The number of urea groups is 1. The van der Waals surface area contributed by atoms with E-state index < -0.39 is 0 Å². The molecule has 0 saturated heterocycles. The summed E-state index contributed by atoms with van der Waals surface area (Å²) in [5.74, 6) is 3.69. The predicted octanol–water partition coefficient (Wildman–Crippen LogP) is 2.83. The Hall–Kier alpha value is -3.62. The van der Waals surface area contributed by atoms with Crippen LogP contribution in [0.3, 0.4) is 0 Å². The quantitative estimate of drug-likeness (QED) is 0.531. The van der Waals surface area contributed by atoms with Gasteiger partial charge in [-0.15, -0.1) is 0 Å². The van der Waals surface area contributed by atoms with Crippen molar-refractivity contribution in [3.63, 3.8) is 0 Å². The lowest BCUT2D eigenvalue weighted by molar-refractivity contribution is 0.252. The first-order valence-corrected chi connectivity index (χ1v) is 9.25. The van der Waals surface area contributed by atoms with E-state index in [-0.39, 0.29) is 6.03 Å². The molecule has 0 radical (unpaired) electrons. The normalized spacial score (nSPS) is 10.5. The molecule has 2 amide bonds. The lowest BCUT2D eigenvalue weighted by Gasteiger charge is -2.12. The molecule has 3 rings (SSSR count). The van der Waals surface area contributed by atoms with Gasteiger partial charge < -0.3 is 20.7 Å². The van der Waals surface area contributed by atoms with Gasteiger partial charge in [0.2, 0.25) is 0 Å². The number of carbonyl (C=O) groups is 1. The molecule has 0 saturated carbocycles. The number of aromatic nitrogens is 4. The van der Waals surface area contributed by atoms with Gasteiger partial charge in [-0.2, -0.15) is 0 Å². The molecule has 3 N–H and O–H groups in total. The highest BCUT2D eigenvalue weighted by molar-refractivity contribution is 5.90. The first-order chi connectivity index (χ1) is 14.0. The second kappa shape index (κ2) is 9.05. The molecule has 0 fully saturated rings. The van der Waals surface area contributed by atoms with E-state index in [1.807, 2.05) is 49.7 Å². The number of imidazole rings is 1. The molecule has 9 nitrogen and oxygen atoms in total. The van der Waals surface area contributed by atoms with E-state index in [0.29, 0.717) is 24.7 Å². The molecule has 152 valence electrons. The third-order valence-corrected chi connectivity index (χ3v) is 4.30. The molecule has 0 atom stereocenters. The molecule has 2 heterocycles. The zero-order valence-corrected chi connectivity index (χ0v) is 17.0. The molecule has 0 aliphatic heterocycles. The number of hydrogen-bond donors (Lipinski definition) is 3. The highest BCUT2D eigenvalue weighted by atomic mass is 16.5. The third-order valence-electron chi connectivity index (χ3n) is 4.30. The van der Waals surface area contributed by atoms with Gasteiger partial charge in [-0.25, -0.2) is 19.7 Å². The molecule has 0 aliphatic rings. The van der Waals surface area contributed by atoms with Crippen molar-refractivity contribution in [1.29, 1.82) is 0 Å². The van der Waals surface area contributed by atoms with E-state index in [0.717, 1.165) is 28.6 Å². The molecule has 0 unspecified atom stereocenters. The van der Waals surface area contributed by atoms with Crippen LogP contribution >= 0.6 is 0 Å². The van der Waals surface area contributed by atoms with Gasteiger partial charge in [0.1, 0.15) is 29.0 Å². The van der Waals surface area contributed by atoms with Gasteiger partial charge in [-0.1, -0.05) is 0 Å². The van der Waals surface area contributed by atoms with Crippen LogP contribution in [0.2, 0.25) is 0 Å². The van der Waals surface area contributed by atoms with Crippen LogP contribution in [-0.2, 0) is 0 Å². The second-order valence-corrected chi connectivity index (χ2v) is 6.49. The maximum atomic E-state index is 12.1. The summed E-state index contributed by atoms with van der Waals surface area (Å²) < 4.78 is 7.06. The zero-order chi connectivity index (χ0) is 20.8. The average molecular weight is 395 g/mol. The lowest BCUT2D eigenvalue weighted by atomic mass is 10.2. The Morgan fingerprint density at radius 3 is 2.66 bits per heavy atom. The van der Waals surface area contributed by atoms with Gasteiger partial charge in [0.25, 0.3) is 0 Å². The standard InChI is InChI=1S/C20H25N7O2/c1-13-11-16(29-4)5-6-17(13)26-20(28)23-8-7-22-18-12-19(25-14(2)24-18)27-10-9-21-15(27)3/h5-6,9-12H,7-8H2,1-4H3,(H,22,24,25)(H2,23,26,28). The summed E-state index contributed by atoms with van der Waals surface area (Å²) in [4.78, 5) is 25.2. The summed E-state index contributed by atoms with van der Waals surface area (Å²) in [7, 11) is 1.61. The molecule has 2 aromatic heterocycles. The molecule has 0 spiro atoms. The first kappa shape index (κ1) is 20.1. The fourth-order valence-electron chi connectivity index (χ4n) is 2.82. The number of amides is 2. The summed E-state index contributed by atoms with van der Waals surface area (Å²) in [6.45, 7) is 6.62. The topological polar surface area (TPSA) is 106 Å². The highest BCUT2D eigenvalue weighted by Gasteiger charge is 2.07. The Morgan fingerprint density at radius 2 is 1.97 bits per heavy atom. The van der Waals surface area contributed by atoms with Crippen LogP contribution in [0.5, 0.6) is 5.75 Å². The SMILES string of the molecule is COc1ccc(NC(=O)NCCNc2cc(-n3ccnc3C)nc(C)n2)c(C)c1. The molecule has 0 bridgehead atoms. The van der Waals surface area contributed by atoms with Gasteiger partial charge >= 0.3 is 6.03 Å². The number of nitrogens with zero attached hydrogens (tertiary/aromatic N) is 4. The average Bonchev–Trinajstić information content (AvgIpc) is 3.12. The van der Waals surface area contributed by atoms with E-state index in [9.17, 15) is 4.79 Å². The minimum Gasteiger partial charge on any atom is -0.497 e. The van der Waals surface area contributed by atoms with Crippen LogP contribution in [0.4, 0.5) is 16.3 Å². The van der Waals surface area contributed by atoms with Crippen molar-refractivity contribution >= 4 is 17.5 Å².